The van der Waals surface area contributed by atoms with E-state index in [4.69, 9.17) is 18.6 Å². The second-order valence-electron chi connectivity index (χ2n) is 6.60. The molecular formula is C23H22O7. The van der Waals surface area contributed by atoms with Crippen molar-refractivity contribution in [3.05, 3.63) is 69.6 Å². The van der Waals surface area contributed by atoms with Crippen LogP contribution in [0.25, 0.3) is 11.0 Å². The number of rotatable bonds is 7. The molecule has 0 aliphatic heterocycles. The first kappa shape index (κ1) is 21.1. The number of fused-ring (bicyclic) bond motifs is 1. The maximum absolute atomic E-state index is 12.8. The third-order valence-electron chi connectivity index (χ3n) is 4.57. The summed E-state index contributed by atoms with van der Waals surface area (Å²) >= 11 is 0. The van der Waals surface area contributed by atoms with Gasteiger partial charge in [-0.1, -0.05) is 12.1 Å². The van der Waals surface area contributed by atoms with Gasteiger partial charge in [-0.3, -0.25) is 4.79 Å². The highest BCUT2D eigenvalue weighted by Gasteiger charge is 2.18. The number of carbonyl (C=O) groups excluding carboxylic acids is 2. The zero-order chi connectivity index (χ0) is 21.7. The Labute approximate surface area is 173 Å². The molecule has 7 nitrogen and oxygen atoms in total. The van der Waals surface area contributed by atoms with Crippen molar-refractivity contribution in [1.82, 2.24) is 0 Å². The van der Waals surface area contributed by atoms with Crippen molar-refractivity contribution in [2.75, 3.05) is 13.7 Å². The molecule has 3 aromatic rings. The Morgan fingerprint density at radius 2 is 1.83 bits per heavy atom. The van der Waals surface area contributed by atoms with Gasteiger partial charge in [0.25, 0.3) is 0 Å². The van der Waals surface area contributed by atoms with E-state index in [2.05, 4.69) is 0 Å². The normalized spacial score (nSPS) is 10.6. The first-order chi connectivity index (χ1) is 14.4. The minimum atomic E-state index is -0.626. The highest BCUT2D eigenvalue weighted by Crippen LogP contribution is 2.30. The Balaban J connectivity index is 2.01. The number of esters is 2. The molecule has 0 spiro atoms. The fourth-order valence-corrected chi connectivity index (χ4v) is 3.12. The first-order valence-corrected chi connectivity index (χ1v) is 9.51. The zero-order valence-electron chi connectivity index (χ0n) is 17.0. The van der Waals surface area contributed by atoms with Gasteiger partial charge in [0.15, 0.2) is 0 Å². The summed E-state index contributed by atoms with van der Waals surface area (Å²) in [4.78, 5) is 36.4. The Kier molecular flexibility index (Phi) is 6.51. The molecule has 0 saturated carbocycles. The Hall–Kier alpha value is -3.61. The standard InChI is InChI=1S/C23H22O7/c1-4-28-21(24)10-9-15-12-17-14(2)11-22(25)29-20(17)13-19(15)30-23(26)16-7-5-6-8-18(16)27-3/h5-8,11-13H,4,9-10H2,1-3H3. The number of benzene rings is 2. The van der Waals surface area contributed by atoms with E-state index in [9.17, 15) is 14.4 Å². The number of para-hydroxylation sites is 1. The lowest BCUT2D eigenvalue weighted by atomic mass is 10.0. The van der Waals surface area contributed by atoms with Crippen molar-refractivity contribution in [1.29, 1.82) is 0 Å². The van der Waals surface area contributed by atoms with Crippen LogP contribution in [0.2, 0.25) is 0 Å². The third-order valence-corrected chi connectivity index (χ3v) is 4.57. The van der Waals surface area contributed by atoms with Crippen LogP contribution in [-0.2, 0) is 16.0 Å². The van der Waals surface area contributed by atoms with Crippen molar-refractivity contribution >= 4 is 22.9 Å². The predicted octanol–water partition coefficient (Wildman–Crippen LogP) is 3.82. The lowest BCUT2D eigenvalue weighted by Crippen LogP contribution is -2.12. The second kappa shape index (κ2) is 9.26. The number of carbonyl (C=O) groups is 2. The van der Waals surface area contributed by atoms with Crippen molar-refractivity contribution < 1.29 is 28.2 Å². The maximum Gasteiger partial charge on any atom is 0.347 e. The number of hydrogen-bond acceptors (Lipinski definition) is 7. The Bertz CT molecular complexity index is 1140. The van der Waals surface area contributed by atoms with Gasteiger partial charge in [-0.05, 0) is 49.6 Å². The van der Waals surface area contributed by atoms with Crippen LogP contribution in [0.4, 0.5) is 0 Å². The van der Waals surface area contributed by atoms with Crippen molar-refractivity contribution in [2.24, 2.45) is 0 Å². The zero-order valence-corrected chi connectivity index (χ0v) is 17.0. The average molecular weight is 410 g/mol. The van der Waals surface area contributed by atoms with Gasteiger partial charge in [0.2, 0.25) is 0 Å². The molecule has 1 heterocycles. The smallest absolute Gasteiger partial charge is 0.347 e. The van der Waals surface area contributed by atoms with Gasteiger partial charge in [0, 0.05) is 23.9 Å². The molecule has 0 fully saturated rings. The first-order valence-electron chi connectivity index (χ1n) is 9.51. The molecule has 1 aromatic heterocycles. The van der Waals surface area contributed by atoms with Gasteiger partial charge >= 0.3 is 17.6 Å². The fraction of sp³-hybridized carbons (Fsp3) is 0.261. The molecule has 0 N–H and O–H groups in total. The molecule has 3 rings (SSSR count). The molecule has 0 bridgehead atoms. The SMILES string of the molecule is CCOC(=O)CCc1cc2c(C)cc(=O)oc2cc1OC(=O)c1ccccc1OC. The van der Waals surface area contributed by atoms with E-state index < -0.39 is 11.6 Å². The summed E-state index contributed by atoms with van der Waals surface area (Å²) < 4.78 is 21.1. The molecular weight excluding hydrogens is 388 g/mol. The minimum absolute atomic E-state index is 0.119. The van der Waals surface area contributed by atoms with Crippen molar-refractivity contribution in [2.45, 2.75) is 26.7 Å². The predicted molar refractivity (Wildman–Crippen MR) is 110 cm³/mol. The monoisotopic (exact) mass is 410 g/mol. The van der Waals surface area contributed by atoms with Crippen LogP contribution in [0.3, 0.4) is 0 Å². The van der Waals surface area contributed by atoms with E-state index in [0.29, 0.717) is 28.7 Å². The second-order valence-corrected chi connectivity index (χ2v) is 6.60. The maximum atomic E-state index is 12.8. The van der Waals surface area contributed by atoms with Gasteiger partial charge < -0.3 is 18.6 Å². The van der Waals surface area contributed by atoms with Crippen LogP contribution in [0.15, 0.2) is 51.7 Å². The summed E-state index contributed by atoms with van der Waals surface area (Å²) in [7, 11) is 1.46. The summed E-state index contributed by atoms with van der Waals surface area (Å²) in [6, 6.07) is 11.3. The van der Waals surface area contributed by atoms with E-state index >= 15 is 0 Å². The van der Waals surface area contributed by atoms with Crippen molar-refractivity contribution in [3.63, 3.8) is 0 Å². The fourth-order valence-electron chi connectivity index (χ4n) is 3.12. The van der Waals surface area contributed by atoms with E-state index in [0.717, 1.165) is 5.56 Å². The van der Waals surface area contributed by atoms with Gasteiger partial charge in [-0.25, -0.2) is 9.59 Å². The molecule has 156 valence electrons. The molecule has 2 aromatic carbocycles. The molecule has 0 atom stereocenters. The van der Waals surface area contributed by atoms with Crippen LogP contribution >= 0.6 is 0 Å². The highest BCUT2D eigenvalue weighted by atomic mass is 16.5. The lowest BCUT2D eigenvalue weighted by molar-refractivity contribution is -0.143. The summed E-state index contributed by atoms with van der Waals surface area (Å²) in [6.45, 7) is 3.81. The number of ether oxygens (including phenoxy) is 3. The summed E-state index contributed by atoms with van der Waals surface area (Å²) in [6.07, 6.45) is 0.413. The molecule has 30 heavy (non-hydrogen) atoms. The highest BCUT2D eigenvalue weighted by molar-refractivity contribution is 5.95. The molecule has 7 heteroatoms. The quantitative estimate of drug-likeness (QED) is 0.332. The van der Waals surface area contributed by atoms with Gasteiger partial charge in [-0.15, -0.1) is 0 Å². The molecule has 0 unspecified atom stereocenters. The van der Waals surface area contributed by atoms with Crippen LogP contribution in [-0.4, -0.2) is 25.7 Å². The Morgan fingerprint density at radius 3 is 2.57 bits per heavy atom. The molecule has 0 saturated heterocycles. The average Bonchev–Trinajstić information content (AvgIpc) is 2.72. The van der Waals surface area contributed by atoms with Crippen molar-refractivity contribution in [3.8, 4) is 11.5 Å². The minimum Gasteiger partial charge on any atom is -0.496 e. The van der Waals surface area contributed by atoms with Crippen LogP contribution in [0.5, 0.6) is 11.5 Å². The van der Waals surface area contributed by atoms with E-state index in [1.807, 2.05) is 0 Å². The Morgan fingerprint density at radius 1 is 1.07 bits per heavy atom. The topological polar surface area (TPSA) is 92.0 Å². The number of aryl methyl sites for hydroxylation is 2. The van der Waals surface area contributed by atoms with E-state index in [-0.39, 0.29) is 30.3 Å². The van der Waals surface area contributed by atoms with Crippen LogP contribution < -0.4 is 15.1 Å². The largest absolute Gasteiger partial charge is 0.496 e. The number of methoxy groups -OCH3 is 1. The molecule has 0 amide bonds. The van der Waals surface area contributed by atoms with Gasteiger partial charge in [0.1, 0.15) is 22.6 Å². The number of hydrogen-bond donors (Lipinski definition) is 0. The van der Waals surface area contributed by atoms with Gasteiger partial charge in [0.05, 0.1) is 13.7 Å². The molecule has 0 radical (unpaired) electrons. The van der Waals surface area contributed by atoms with E-state index in [1.165, 1.54) is 19.2 Å². The van der Waals surface area contributed by atoms with Crippen LogP contribution in [0.1, 0.15) is 34.8 Å². The third kappa shape index (κ3) is 4.68. The molecule has 0 aliphatic rings. The summed E-state index contributed by atoms with van der Waals surface area (Å²) in [5.41, 5.74) is 1.39. The van der Waals surface area contributed by atoms with E-state index in [1.54, 1.807) is 44.2 Å². The summed E-state index contributed by atoms with van der Waals surface area (Å²) in [5.74, 6) is -0.398. The van der Waals surface area contributed by atoms with Crippen LogP contribution in [0, 0.1) is 6.92 Å². The molecule has 0 aliphatic carbocycles. The van der Waals surface area contributed by atoms with Gasteiger partial charge in [-0.2, -0.15) is 0 Å². The summed E-state index contributed by atoms with van der Waals surface area (Å²) in [5, 5.41) is 0.700. The lowest BCUT2D eigenvalue weighted by Gasteiger charge is -2.13.